The van der Waals surface area contributed by atoms with Gasteiger partial charge in [-0.15, -0.1) is 0 Å². The van der Waals surface area contributed by atoms with E-state index in [-0.39, 0.29) is 12.0 Å². The van der Waals surface area contributed by atoms with Crippen molar-refractivity contribution in [3.8, 4) is 5.69 Å². The Morgan fingerprint density at radius 2 is 1.55 bits per heavy atom. The Bertz CT molecular complexity index is 1870. The van der Waals surface area contributed by atoms with Gasteiger partial charge in [-0.2, -0.15) is 5.10 Å². The van der Waals surface area contributed by atoms with Gasteiger partial charge in [0.15, 0.2) is 17.5 Å². The van der Waals surface area contributed by atoms with Gasteiger partial charge in [0.25, 0.3) is 0 Å². The summed E-state index contributed by atoms with van der Waals surface area (Å²) >= 11 is 0. The Kier molecular flexibility index (Phi) is 6.16. The molecule has 8 nitrogen and oxygen atoms in total. The van der Waals surface area contributed by atoms with Crippen molar-refractivity contribution in [1.82, 2.24) is 9.78 Å². The van der Waals surface area contributed by atoms with Crippen LogP contribution in [0, 0.1) is 13.8 Å². The maximum atomic E-state index is 12.3. The number of methoxy groups -OCH3 is 1. The molecule has 0 unspecified atom stereocenters. The predicted molar refractivity (Wildman–Crippen MR) is 166 cm³/mol. The number of benzene rings is 4. The number of nitrogens with one attached hydrogen (secondary N) is 1. The number of aryl methyl sites for hydroxylation is 2. The normalized spacial score (nSPS) is 15.1. The zero-order chi connectivity index (χ0) is 28.8. The first kappa shape index (κ1) is 25.5. The predicted octanol–water partition coefficient (Wildman–Crippen LogP) is 7.07. The number of ether oxygens (including phenoxy) is 1. The average Bonchev–Trinajstić information content (AvgIpc) is 3.37. The van der Waals surface area contributed by atoms with E-state index in [1.807, 2.05) is 84.4 Å². The summed E-state index contributed by atoms with van der Waals surface area (Å²) in [4.78, 5) is 24.8. The van der Waals surface area contributed by atoms with Crippen LogP contribution in [0.2, 0.25) is 0 Å². The van der Waals surface area contributed by atoms with Crippen molar-refractivity contribution in [1.29, 1.82) is 0 Å². The van der Waals surface area contributed by atoms with Crippen LogP contribution in [-0.4, -0.2) is 34.5 Å². The van der Waals surface area contributed by atoms with Crippen molar-refractivity contribution in [2.75, 3.05) is 17.3 Å². The standard InChI is InChI=1S/C34H28N6O2/c1-21-13-19-25(20-14-21)35-31-33-37-32-29(22(2)38-40(32)26-9-5-4-6-10-26)30(23-15-17-24(18-16-23)34(41)42-3)39(33)28-12-8-7-11-27(28)36-31/h4-20,30H,1-3H3,(H,35,36)/t30-/m1/s1. The number of aliphatic imine (C=N–C) groups is 2. The van der Waals surface area contributed by atoms with Gasteiger partial charge in [0.05, 0.1) is 41.5 Å². The molecule has 0 radical (unpaired) electrons. The third-order valence-corrected chi connectivity index (χ3v) is 7.60. The van der Waals surface area contributed by atoms with E-state index in [0.29, 0.717) is 17.2 Å². The minimum atomic E-state index is -0.374. The number of para-hydroxylation sites is 3. The Morgan fingerprint density at radius 1 is 0.833 bits per heavy atom. The number of anilines is 2. The van der Waals surface area contributed by atoms with E-state index in [9.17, 15) is 4.79 Å². The molecule has 1 aromatic heterocycles. The van der Waals surface area contributed by atoms with Crippen LogP contribution < -0.4 is 10.2 Å². The van der Waals surface area contributed by atoms with Crippen molar-refractivity contribution in [3.05, 3.63) is 131 Å². The lowest BCUT2D eigenvalue weighted by Gasteiger charge is -2.40. The lowest BCUT2D eigenvalue weighted by Crippen LogP contribution is -2.46. The molecule has 0 amide bonds. The zero-order valence-electron chi connectivity index (χ0n) is 23.4. The molecule has 206 valence electrons. The number of rotatable bonds is 4. The van der Waals surface area contributed by atoms with Crippen LogP contribution in [-0.2, 0) is 4.74 Å². The summed E-state index contributed by atoms with van der Waals surface area (Å²) in [5, 5.41) is 8.51. The summed E-state index contributed by atoms with van der Waals surface area (Å²) in [7, 11) is 1.39. The minimum absolute atomic E-state index is 0.289. The summed E-state index contributed by atoms with van der Waals surface area (Å²) in [5.41, 5.74) is 8.11. The Labute approximate surface area is 243 Å². The quantitative estimate of drug-likeness (QED) is 0.241. The second-order valence-corrected chi connectivity index (χ2v) is 10.3. The first-order valence-corrected chi connectivity index (χ1v) is 13.7. The summed E-state index contributed by atoms with van der Waals surface area (Å²) in [5.74, 6) is 1.68. The number of aromatic nitrogens is 2. The third-order valence-electron chi connectivity index (χ3n) is 7.60. The van der Waals surface area contributed by atoms with Crippen molar-refractivity contribution in [2.45, 2.75) is 19.9 Å². The van der Waals surface area contributed by atoms with E-state index in [4.69, 9.17) is 19.8 Å². The fraction of sp³-hybridized carbons (Fsp3) is 0.118. The highest BCUT2D eigenvalue weighted by atomic mass is 16.5. The van der Waals surface area contributed by atoms with Crippen molar-refractivity contribution >= 4 is 40.5 Å². The van der Waals surface area contributed by atoms with Gasteiger partial charge >= 0.3 is 5.97 Å². The molecule has 7 rings (SSSR count). The third kappa shape index (κ3) is 4.25. The number of fused-ring (bicyclic) bond motifs is 4. The molecule has 0 spiro atoms. The van der Waals surface area contributed by atoms with Crippen molar-refractivity contribution < 1.29 is 9.53 Å². The molecule has 0 fully saturated rings. The average molecular weight is 553 g/mol. The molecule has 0 saturated carbocycles. The summed E-state index contributed by atoms with van der Waals surface area (Å²) in [6.07, 6.45) is 0. The molecule has 42 heavy (non-hydrogen) atoms. The number of nitrogens with zero attached hydrogens (tertiary/aromatic N) is 5. The minimum Gasteiger partial charge on any atom is -0.465 e. The number of hydrogen-bond acceptors (Lipinski definition) is 7. The van der Waals surface area contributed by atoms with Crippen LogP contribution in [0.25, 0.3) is 5.69 Å². The summed E-state index contributed by atoms with van der Waals surface area (Å²) in [6, 6.07) is 33.6. The van der Waals surface area contributed by atoms with Crippen LogP contribution in [0.5, 0.6) is 0 Å². The molecular formula is C34H28N6O2. The van der Waals surface area contributed by atoms with Gasteiger partial charge in [-0.1, -0.05) is 60.2 Å². The molecular weight excluding hydrogens is 524 g/mol. The number of carbonyl (C=O) groups is 1. The highest BCUT2D eigenvalue weighted by molar-refractivity contribution is 6.51. The Hall–Kier alpha value is -5.50. The van der Waals surface area contributed by atoms with Gasteiger partial charge < -0.3 is 15.0 Å². The lowest BCUT2D eigenvalue weighted by molar-refractivity contribution is 0.0600. The van der Waals surface area contributed by atoms with Gasteiger partial charge in [-0.25, -0.2) is 19.5 Å². The van der Waals surface area contributed by atoms with E-state index in [1.54, 1.807) is 12.1 Å². The first-order valence-electron chi connectivity index (χ1n) is 13.7. The largest absolute Gasteiger partial charge is 0.465 e. The zero-order valence-corrected chi connectivity index (χ0v) is 23.4. The van der Waals surface area contributed by atoms with E-state index in [1.165, 1.54) is 12.7 Å². The van der Waals surface area contributed by atoms with Gasteiger partial charge in [0.2, 0.25) is 0 Å². The van der Waals surface area contributed by atoms with Crippen LogP contribution in [0.1, 0.15) is 38.8 Å². The molecule has 0 saturated heterocycles. The molecule has 2 aliphatic rings. The topological polar surface area (TPSA) is 84.1 Å². The maximum absolute atomic E-state index is 12.3. The lowest BCUT2D eigenvalue weighted by atomic mass is 9.92. The summed E-state index contributed by atoms with van der Waals surface area (Å²) < 4.78 is 6.85. The Morgan fingerprint density at radius 3 is 2.29 bits per heavy atom. The van der Waals surface area contributed by atoms with Crippen molar-refractivity contribution in [3.63, 3.8) is 0 Å². The van der Waals surface area contributed by atoms with Gasteiger partial charge in [-0.3, -0.25) is 0 Å². The smallest absolute Gasteiger partial charge is 0.337 e. The highest BCUT2D eigenvalue weighted by Gasteiger charge is 2.41. The first-order chi connectivity index (χ1) is 20.5. The van der Waals surface area contributed by atoms with Crippen LogP contribution in [0.3, 0.4) is 0 Å². The highest BCUT2D eigenvalue weighted by Crippen LogP contribution is 2.48. The molecule has 2 aliphatic heterocycles. The van der Waals surface area contributed by atoms with Crippen LogP contribution in [0.4, 0.5) is 22.9 Å². The number of esters is 1. The van der Waals surface area contributed by atoms with Crippen LogP contribution in [0.15, 0.2) is 113 Å². The van der Waals surface area contributed by atoms with Gasteiger partial charge in [-0.05, 0) is 67.9 Å². The van der Waals surface area contributed by atoms with Gasteiger partial charge in [0.1, 0.15) is 0 Å². The Balaban J connectivity index is 1.47. The molecule has 1 atom stereocenters. The number of carbonyl (C=O) groups excluding carboxylic acids is 1. The van der Waals surface area contributed by atoms with E-state index in [2.05, 4.69) is 35.3 Å². The fourth-order valence-electron chi connectivity index (χ4n) is 5.56. The molecule has 8 heteroatoms. The monoisotopic (exact) mass is 552 g/mol. The SMILES string of the molecule is COC(=O)c1ccc([C@@H]2c3c(C)nn(-c4ccccc4)c3N=C3C(Nc4ccc(C)cc4)=Nc4ccccc4N32)cc1. The second-order valence-electron chi connectivity index (χ2n) is 10.3. The van der Waals surface area contributed by atoms with E-state index < -0.39 is 0 Å². The number of hydrogen-bond donors (Lipinski definition) is 1. The molecule has 0 bridgehead atoms. The molecule has 4 aromatic carbocycles. The van der Waals surface area contributed by atoms with E-state index in [0.717, 1.165) is 45.4 Å². The molecule has 0 aliphatic carbocycles. The van der Waals surface area contributed by atoms with Crippen LogP contribution >= 0.6 is 0 Å². The van der Waals surface area contributed by atoms with E-state index >= 15 is 0 Å². The molecule has 5 aromatic rings. The maximum Gasteiger partial charge on any atom is 0.337 e. The number of amidine groups is 2. The van der Waals surface area contributed by atoms with Crippen molar-refractivity contribution in [2.24, 2.45) is 9.98 Å². The fourth-order valence-corrected chi connectivity index (χ4v) is 5.56. The molecule has 1 N–H and O–H groups in total. The van der Waals surface area contributed by atoms with Gasteiger partial charge in [0, 0.05) is 11.3 Å². The summed E-state index contributed by atoms with van der Waals surface area (Å²) in [6.45, 7) is 4.08. The second kappa shape index (κ2) is 10.2. The molecule has 3 heterocycles.